The number of aromatic nitrogens is 2. The van der Waals surface area contributed by atoms with Crippen molar-refractivity contribution in [3.63, 3.8) is 0 Å². The van der Waals surface area contributed by atoms with Crippen LogP contribution in [0.2, 0.25) is 0 Å². The van der Waals surface area contributed by atoms with E-state index in [4.69, 9.17) is 4.74 Å². The van der Waals surface area contributed by atoms with Crippen molar-refractivity contribution in [2.45, 2.75) is 19.8 Å². The van der Waals surface area contributed by atoms with Crippen LogP contribution >= 0.6 is 0 Å². The summed E-state index contributed by atoms with van der Waals surface area (Å²) in [6.07, 6.45) is 4.11. The minimum atomic E-state index is 0.642. The number of hydrogen-bond acceptors (Lipinski definition) is 6. The Morgan fingerprint density at radius 3 is 2.52 bits per heavy atom. The number of nitrogens with zero attached hydrogens (tertiary/aromatic N) is 5. The summed E-state index contributed by atoms with van der Waals surface area (Å²) in [6, 6.07) is 1.96. The van der Waals surface area contributed by atoms with Crippen molar-refractivity contribution in [2.75, 3.05) is 64.4 Å². The summed E-state index contributed by atoms with van der Waals surface area (Å²) in [5, 5.41) is 0. The fourth-order valence-corrected chi connectivity index (χ4v) is 3.47. The first-order valence-corrected chi connectivity index (χ1v) is 8.85. The van der Waals surface area contributed by atoms with Gasteiger partial charge in [-0.15, -0.1) is 0 Å². The minimum Gasteiger partial charge on any atom is -0.478 e. The quantitative estimate of drug-likeness (QED) is 0.816. The number of hydrogen-bond donors (Lipinski definition) is 0. The second-order valence-electron chi connectivity index (χ2n) is 6.68. The molecule has 23 heavy (non-hydrogen) atoms. The Morgan fingerprint density at radius 1 is 1.09 bits per heavy atom. The average Bonchev–Trinajstić information content (AvgIpc) is 2.58. The van der Waals surface area contributed by atoms with Gasteiger partial charge >= 0.3 is 0 Å². The predicted octanol–water partition coefficient (Wildman–Crippen LogP) is 1.34. The highest BCUT2D eigenvalue weighted by Crippen LogP contribution is 2.24. The lowest BCUT2D eigenvalue weighted by molar-refractivity contribution is 0.129. The molecule has 6 heteroatoms. The van der Waals surface area contributed by atoms with E-state index in [-0.39, 0.29) is 0 Å². The summed E-state index contributed by atoms with van der Waals surface area (Å²) in [5.41, 5.74) is 0. The van der Waals surface area contributed by atoms with Gasteiger partial charge in [0.15, 0.2) is 0 Å². The van der Waals surface area contributed by atoms with Crippen molar-refractivity contribution in [3.05, 3.63) is 12.4 Å². The molecule has 0 atom stereocenters. The molecule has 2 fully saturated rings. The van der Waals surface area contributed by atoms with Gasteiger partial charge in [0.25, 0.3) is 0 Å². The van der Waals surface area contributed by atoms with Crippen LogP contribution < -0.4 is 9.64 Å². The first-order valence-electron chi connectivity index (χ1n) is 8.85. The molecule has 0 N–H and O–H groups in total. The van der Waals surface area contributed by atoms with Crippen LogP contribution in [0.3, 0.4) is 0 Å². The molecule has 1 aromatic rings. The Balaban J connectivity index is 1.47. The average molecular weight is 319 g/mol. The van der Waals surface area contributed by atoms with E-state index in [0.717, 1.165) is 24.8 Å². The van der Waals surface area contributed by atoms with E-state index in [1.165, 1.54) is 45.6 Å². The Hall–Kier alpha value is -1.40. The first-order chi connectivity index (χ1) is 11.2. The van der Waals surface area contributed by atoms with Crippen molar-refractivity contribution in [1.29, 1.82) is 0 Å². The fraction of sp³-hybridized carbons (Fsp3) is 0.765. The van der Waals surface area contributed by atoms with Crippen molar-refractivity contribution in [2.24, 2.45) is 5.92 Å². The van der Waals surface area contributed by atoms with Crippen LogP contribution in [0.25, 0.3) is 0 Å². The zero-order valence-corrected chi connectivity index (χ0v) is 14.4. The molecule has 3 rings (SSSR count). The zero-order valence-electron chi connectivity index (χ0n) is 14.4. The summed E-state index contributed by atoms with van der Waals surface area (Å²) in [7, 11) is 2.22. The van der Waals surface area contributed by atoms with Crippen molar-refractivity contribution < 1.29 is 4.74 Å². The molecule has 0 bridgehead atoms. The molecule has 1 aromatic heterocycles. The van der Waals surface area contributed by atoms with Crippen molar-refractivity contribution in [3.8, 4) is 5.88 Å². The third kappa shape index (κ3) is 4.54. The third-order valence-electron chi connectivity index (χ3n) is 4.97. The molecular formula is C17H29N5O. The molecule has 128 valence electrons. The van der Waals surface area contributed by atoms with E-state index < -0.39 is 0 Å². The number of likely N-dealkylation sites (N-methyl/N-ethyl adjacent to an activating group) is 1. The van der Waals surface area contributed by atoms with E-state index in [0.29, 0.717) is 12.5 Å². The summed E-state index contributed by atoms with van der Waals surface area (Å²) in [6.45, 7) is 10.9. The number of anilines is 1. The van der Waals surface area contributed by atoms with Gasteiger partial charge in [-0.3, -0.25) is 0 Å². The highest BCUT2D eigenvalue weighted by atomic mass is 16.5. The Morgan fingerprint density at radius 2 is 1.83 bits per heavy atom. The Bertz CT molecular complexity index is 482. The molecule has 2 aliphatic rings. The van der Waals surface area contributed by atoms with Gasteiger partial charge in [0.2, 0.25) is 5.88 Å². The topological polar surface area (TPSA) is 44.7 Å². The van der Waals surface area contributed by atoms with Crippen molar-refractivity contribution >= 4 is 5.82 Å². The monoisotopic (exact) mass is 319 g/mol. The van der Waals surface area contributed by atoms with Crippen LogP contribution in [-0.2, 0) is 0 Å². The number of piperidine rings is 1. The molecule has 0 spiro atoms. The summed E-state index contributed by atoms with van der Waals surface area (Å²) in [5.74, 6) is 2.50. The second kappa shape index (κ2) is 7.93. The zero-order chi connectivity index (χ0) is 16.1. The van der Waals surface area contributed by atoms with Crippen LogP contribution in [0.1, 0.15) is 19.8 Å². The lowest BCUT2D eigenvalue weighted by Gasteiger charge is -2.38. The van der Waals surface area contributed by atoms with Crippen LogP contribution in [-0.4, -0.2) is 79.2 Å². The summed E-state index contributed by atoms with van der Waals surface area (Å²) in [4.78, 5) is 16.0. The van der Waals surface area contributed by atoms with E-state index in [9.17, 15) is 0 Å². The Kier molecular flexibility index (Phi) is 5.67. The maximum Gasteiger partial charge on any atom is 0.218 e. The van der Waals surface area contributed by atoms with Gasteiger partial charge in [0.05, 0.1) is 6.61 Å². The first kappa shape index (κ1) is 16.5. The standard InChI is InChI=1S/C17H29N5O/c1-3-23-17-12-16(18-14-19-17)22-6-4-15(5-7-22)13-21-10-8-20(2)9-11-21/h12,14-15H,3-11,13H2,1-2H3. The van der Waals surface area contributed by atoms with Gasteiger partial charge in [-0.25, -0.2) is 9.97 Å². The molecule has 6 nitrogen and oxygen atoms in total. The lowest BCUT2D eigenvalue weighted by atomic mass is 9.96. The van der Waals surface area contributed by atoms with Gasteiger partial charge < -0.3 is 19.4 Å². The maximum absolute atomic E-state index is 5.48. The maximum atomic E-state index is 5.48. The number of rotatable bonds is 5. The molecule has 3 heterocycles. The second-order valence-corrected chi connectivity index (χ2v) is 6.68. The predicted molar refractivity (Wildman–Crippen MR) is 92.1 cm³/mol. The summed E-state index contributed by atoms with van der Waals surface area (Å²) < 4.78 is 5.48. The van der Waals surface area contributed by atoms with E-state index >= 15 is 0 Å². The van der Waals surface area contributed by atoms with Gasteiger partial charge in [-0.05, 0) is 32.7 Å². The minimum absolute atomic E-state index is 0.642. The van der Waals surface area contributed by atoms with Gasteiger partial charge in [-0.1, -0.05) is 0 Å². The van der Waals surface area contributed by atoms with Crippen LogP contribution in [0.15, 0.2) is 12.4 Å². The molecule has 0 aromatic carbocycles. The highest BCUT2D eigenvalue weighted by molar-refractivity contribution is 5.41. The number of ether oxygens (including phenoxy) is 1. The van der Waals surface area contributed by atoms with Gasteiger partial charge in [-0.2, -0.15) is 0 Å². The fourth-order valence-electron chi connectivity index (χ4n) is 3.47. The molecule has 0 unspecified atom stereocenters. The van der Waals surface area contributed by atoms with Crippen LogP contribution in [0.5, 0.6) is 5.88 Å². The molecule has 0 amide bonds. The number of piperazine rings is 1. The smallest absolute Gasteiger partial charge is 0.218 e. The molecule has 0 saturated carbocycles. The molecular weight excluding hydrogens is 290 g/mol. The van der Waals surface area contributed by atoms with Gasteiger partial charge in [0, 0.05) is 51.9 Å². The van der Waals surface area contributed by atoms with Crippen LogP contribution in [0, 0.1) is 5.92 Å². The van der Waals surface area contributed by atoms with Crippen molar-refractivity contribution in [1.82, 2.24) is 19.8 Å². The third-order valence-corrected chi connectivity index (χ3v) is 4.97. The highest BCUT2D eigenvalue weighted by Gasteiger charge is 2.24. The van der Waals surface area contributed by atoms with Gasteiger partial charge in [0.1, 0.15) is 12.1 Å². The summed E-state index contributed by atoms with van der Waals surface area (Å²) >= 11 is 0. The molecule has 0 radical (unpaired) electrons. The van der Waals surface area contributed by atoms with E-state index in [1.54, 1.807) is 6.33 Å². The molecule has 0 aliphatic carbocycles. The largest absolute Gasteiger partial charge is 0.478 e. The Labute approximate surface area is 139 Å². The van der Waals surface area contributed by atoms with Crippen LogP contribution in [0.4, 0.5) is 5.82 Å². The lowest BCUT2D eigenvalue weighted by Crippen LogP contribution is -2.47. The van der Waals surface area contributed by atoms with E-state index in [1.807, 2.05) is 13.0 Å². The SMILES string of the molecule is CCOc1cc(N2CCC(CN3CCN(C)CC3)CC2)ncn1. The van der Waals surface area contributed by atoms with E-state index in [2.05, 4.69) is 31.7 Å². The normalized spacial score (nSPS) is 21.6. The molecule has 2 saturated heterocycles. The molecule has 2 aliphatic heterocycles.